The lowest BCUT2D eigenvalue weighted by atomic mass is 10.1. The van der Waals surface area contributed by atoms with Gasteiger partial charge in [-0.25, -0.2) is 0 Å². The molecule has 3 rings (SSSR count). The quantitative estimate of drug-likeness (QED) is 0.927. The maximum atomic E-state index is 6.29. The second-order valence-electron chi connectivity index (χ2n) is 4.94. The number of anilines is 1. The zero-order valence-corrected chi connectivity index (χ0v) is 11.5. The smallest absolute Gasteiger partial charge is 0.231 e. The second kappa shape index (κ2) is 5.43. The van der Waals surface area contributed by atoms with Crippen molar-refractivity contribution in [3.05, 3.63) is 54.1 Å². The van der Waals surface area contributed by atoms with Gasteiger partial charge in [-0.2, -0.15) is 0 Å². The summed E-state index contributed by atoms with van der Waals surface area (Å²) in [5.41, 5.74) is 8.50. The van der Waals surface area contributed by atoms with E-state index in [2.05, 4.69) is 17.0 Å². The molecule has 104 valence electrons. The number of likely N-dealkylation sites (N-methyl/N-ethyl adjacent to an activating group) is 1. The van der Waals surface area contributed by atoms with E-state index in [1.165, 1.54) is 0 Å². The van der Waals surface area contributed by atoms with E-state index in [4.69, 9.17) is 15.2 Å². The van der Waals surface area contributed by atoms with Crippen molar-refractivity contribution in [3.63, 3.8) is 0 Å². The third kappa shape index (κ3) is 2.56. The molecule has 1 aliphatic rings. The van der Waals surface area contributed by atoms with Gasteiger partial charge in [0.2, 0.25) is 6.79 Å². The Morgan fingerprint density at radius 3 is 2.65 bits per heavy atom. The normalized spacial score (nSPS) is 14.1. The van der Waals surface area contributed by atoms with Crippen LogP contribution in [0.25, 0.3) is 0 Å². The molecule has 20 heavy (non-hydrogen) atoms. The van der Waals surface area contributed by atoms with Gasteiger partial charge in [0.15, 0.2) is 11.5 Å². The maximum Gasteiger partial charge on any atom is 0.231 e. The first kappa shape index (κ1) is 12.8. The highest BCUT2D eigenvalue weighted by molar-refractivity contribution is 5.47. The molecule has 1 heterocycles. The zero-order valence-electron chi connectivity index (χ0n) is 11.5. The van der Waals surface area contributed by atoms with Crippen LogP contribution < -0.4 is 20.1 Å². The molecule has 0 amide bonds. The van der Waals surface area contributed by atoms with Crippen molar-refractivity contribution in [2.45, 2.75) is 6.04 Å². The molecule has 2 aromatic rings. The fourth-order valence-corrected chi connectivity index (χ4v) is 2.33. The van der Waals surface area contributed by atoms with E-state index in [-0.39, 0.29) is 12.8 Å². The van der Waals surface area contributed by atoms with E-state index in [0.29, 0.717) is 0 Å². The highest BCUT2D eigenvalue weighted by atomic mass is 16.7. The number of fused-ring (bicyclic) bond motifs is 1. The summed E-state index contributed by atoms with van der Waals surface area (Å²) in [5, 5.41) is 0. The van der Waals surface area contributed by atoms with E-state index in [9.17, 15) is 0 Å². The topological polar surface area (TPSA) is 47.7 Å². The highest BCUT2D eigenvalue weighted by Crippen LogP contribution is 2.34. The minimum Gasteiger partial charge on any atom is -0.454 e. The van der Waals surface area contributed by atoms with Crippen LogP contribution >= 0.6 is 0 Å². The number of para-hydroxylation sites is 1. The predicted molar refractivity (Wildman–Crippen MR) is 79.2 cm³/mol. The van der Waals surface area contributed by atoms with Gasteiger partial charge in [0.1, 0.15) is 0 Å². The molecular formula is C16H18N2O2. The second-order valence-corrected chi connectivity index (χ2v) is 4.94. The fraction of sp³-hybridized carbons (Fsp3) is 0.250. The molecule has 0 radical (unpaired) electrons. The predicted octanol–water partition coefficient (Wildman–Crippen LogP) is 2.55. The molecule has 0 aromatic heterocycles. The Kier molecular flexibility index (Phi) is 3.48. The van der Waals surface area contributed by atoms with Crippen molar-refractivity contribution >= 4 is 5.69 Å². The summed E-state index contributed by atoms with van der Waals surface area (Å²) in [6, 6.07) is 16.0. The Morgan fingerprint density at radius 2 is 1.85 bits per heavy atom. The van der Waals surface area contributed by atoms with E-state index in [1.807, 2.05) is 43.4 Å². The number of rotatable bonds is 4. The van der Waals surface area contributed by atoms with Crippen LogP contribution in [-0.4, -0.2) is 20.4 Å². The van der Waals surface area contributed by atoms with Gasteiger partial charge in [0.05, 0.1) is 0 Å². The van der Waals surface area contributed by atoms with Gasteiger partial charge in [-0.3, -0.25) is 0 Å². The number of hydrogen-bond donors (Lipinski definition) is 1. The highest BCUT2D eigenvalue weighted by Gasteiger charge is 2.16. The first-order chi connectivity index (χ1) is 9.74. The van der Waals surface area contributed by atoms with Crippen molar-refractivity contribution in [2.75, 3.05) is 25.3 Å². The largest absolute Gasteiger partial charge is 0.454 e. The molecule has 0 aliphatic carbocycles. The van der Waals surface area contributed by atoms with Gasteiger partial charge >= 0.3 is 0 Å². The molecule has 1 aliphatic heterocycles. The Balaban J connectivity index is 1.71. The Hall–Kier alpha value is -2.20. The molecule has 0 fully saturated rings. The number of ether oxygens (including phenoxy) is 2. The summed E-state index contributed by atoms with van der Waals surface area (Å²) in [6.07, 6.45) is 0. The third-order valence-corrected chi connectivity index (χ3v) is 3.49. The van der Waals surface area contributed by atoms with Gasteiger partial charge in [-0.15, -0.1) is 0 Å². The van der Waals surface area contributed by atoms with Crippen LogP contribution in [0.2, 0.25) is 0 Å². The summed E-state index contributed by atoms with van der Waals surface area (Å²) in [7, 11) is 2.04. The first-order valence-electron chi connectivity index (χ1n) is 6.65. The zero-order chi connectivity index (χ0) is 13.9. The van der Waals surface area contributed by atoms with Gasteiger partial charge in [-0.05, 0) is 29.8 Å². The maximum absolute atomic E-state index is 6.29. The number of nitrogens with zero attached hydrogens (tertiary/aromatic N) is 1. The molecule has 2 aromatic carbocycles. The van der Waals surface area contributed by atoms with Crippen molar-refractivity contribution in [3.8, 4) is 11.5 Å². The van der Waals surface area contributed by atoms with Crippen LogP contribution in [0.3, 0.4) is 0 Å². The van der Waals surface area contributed by atoms with Crippen LogP contribution in [0.4, 0.5) is 5.69 Å². The van der Waals surface area contributed by atoms with Crippen molar-refractivity contribution in [1.29, 1.82) is 0 Å². The average molecular weight is 270 g/mol. The molecule has 2 N–H and O–H groups in total. The molecule has 1 atom stereocenters. The lowest BCUT2D eigenvalue weighted by Gasteiger charge is -2.23. The Labute approximate surface area is 118 Å². The van der Waals surface area contributed by atoms with Crippen LogP contribution in [0.1, 0.15) is 11.6 Å². The van der Waals surface area contributed by atoms with Gasteiger partial charge in [0.25, 0.3) is 0 Å². The van der Waals surface area contributed by atoms with E-state index in [0.717, 1.165) is 29.3 Å². The van der Waals surface area contributed by atoms with Gasteiger partial charge in [0, 0.05) is 25.3 Å². The standard InChI is InChI=1S/C16H18N2O2/c1-18(13-5-3-2-4-6-13)10-14(17)12-7-8-15-16(9-12)20-11-19-15/h2-9,14H,10-11,17H2,1H3. The van der Waals surface area contributed by atoms with Crippen LogP contribution in [0.15, 0.2) is 48.5 Å². The third-order valence-electron chi connectivity index (χ3n) is 3.49. The van der Waals surface area contributed by atoms with Crippen LogP contribution in [0.5, 0.6) is 11.5 Å². The lowest BCUT2D eigenvalue weighted by Crippen LogP contribution is -2.28. The van der Waals surface area contributed by atoms with Crippen LogP contribution in [-0.2, 0) is 0 Å². The SMILES string of the molecule is CN(CC(N)c1ccc2c(c1)OCO2)c1ccccc1. The monoisotopic (exact) mass is 270 g/mol. The summed E-state index contributed by atoms with van der Waals surface area (Å²) in [4.78, 5) is 2.15. The molecular weight excluding hydrogens is 252 g/mol. The minimum absolute atomic E-state index is 0.0743. The molecule has 0 bridgehead atoms. The minimum atomic E-state index is -0.0743. The van der Waals surface area contributed by atoms with Crippen molar-refractivity contribution < 1.29 is 9.47 Å². The van der Waals surface area contributed by atoms with E-state index in [1.54, 1.807) is 0 Å². The molecule has 4 heteroatoms. The molecule has 0 saturated heterocycles. The summed E-state index contributed by atoms with van der Waals surface area (Å²) < 4.78 is 10.7. The number of benzene rings is 2. The molecule has 4 nitrogen and oxygen atoms in total. The van der Waals surface area contributed by atoms with E-state index >= 15 is 0 Å². The number of hydrogen-bond acceptors (Lipinski definition) is 4. The van der Waals surface area contributed by atoms with E-state index < -0.39 is 0 Å². The van der Waals surface area contributed by atoms with Crippen molar-refractivity contribution in [2.24, 2.45) is 5.73 Å². The summed E-state index contributed by atoms with van der Waals surface area (Å²) >= 11 is 0. The lowest BCUT2D eigenvalue weighted by molar-refractivity contribution is 0.174. The summed E-state index contributed by atoms with van der Waals surface area (Å²) in [6.45, 7) is 1.03. The number of nitrogens with two attached hydrogens (primary N) is 1. The Bertz CT molecular complexity index is 586. The molecule has 0 saturated carbocycles. The molecule has 0 spiro atoms. The van der Waals surface area contributed by atoms with Crippen molar-refractivity contribution in [1.82, 2.24) is 0 Å². The average Bonchev–Trinajstić information content (AvgIpc) is 2.95. The van der Waals surface area contributed by atoms with Gasteiger partial charge in [-0.1, -0.05) is 24.3 Å². The Morgan fingerprint density at radius 1 is 1.10 bits per heavy atom. The fourth-order valence-electron chi connectivity index (χ4n) is 2.33. The van der Waals surface area contributed by atoms with Crippen LogP contribution in [0, 0.1) is 0 Å². The summed E-state index contributed by atoms with van der Waals surface area (Å²) in [5.74, 6) is 1.57. The molecule has 1 unspecified atom stereocenters. The van der Waals surface area contributed by atoms with Gasteiger partial charge < -0.3 is 20.1 Å². The first-order valence-corrected chi connectivity index (χ1v) is 6.65.